The van der Waals surface area contributed by atoms with Gasteiger partial charge in [-0.2, -0.15) is 5.10 Å². The monoisotopic (exact) mass is 637 g/mol. The van der Waals surface area contributed by atoms with Crippen LogP contribution >= 0.6 is 11.6 Å². The van der Waals surface area contributed by atoms with Gasteiger partial charge in [0.2, 0.25) is 11.8 Å². The Kier molecular flexibility index (Phi) is 9.23. The molecule has 15 heteroatoms. The minimum Gasteiger partial charge on any atom is -0.453 e. The Morgan fingerprint density at radius 1 is 1.16 bits per heavy atom. The smallest absolute Gasteiger partial charge is 0.412 e. The summed E-state index contributed by atoms with van der Waals surface area (Å²) in [4.78, 5) is 66.0. The van der Waals surface area contributed by atoms with Crippen molar-refractivity contribution in [3.8, 4) is 0 Å². The van der Waals surface area contributed by atoms with E-state index in [1.807, 2.05) is 0 Å². The molecule has 2 aliphatic rings. The summed E-state index contributed by atoms with van der Waals surface area (Å²) in [5.41, 5.74) is 1.37. The van der Waals surface area contributed by atoms with Gasteiger partial charge in [-0.1, -0.05) is 11.6 Å². The molecule has 2 aliphatic heterocycles. The van der Waals surface area contributed by atoms with Gasteiger partial charge in [0.1, 0.15) is 6.04 Å². The van der Waals surface area contributed by atoms with Crippen molar-refractivity contribution in [2.24, 2.45) is 7.05 Å². The highest BCUT2D eigenvalue weighted by Gasteiger charge is 2.47. The van der Waals surface area contributed by atoms with Crippen molar-refractivity contribution < 1.29 is 33.4 Å². The van der Waals surface area contributed by atoms with Gasteiger partial charge in [-0.15, -0.1) is 0 Å². The number of nitrogens with one attached hydrogen (secondary N) is 4. The molecular formula is C30H32ClN7O7. The minimum atomic E-state index is -1.25. The number of hydrogen-bond donors (Lipinski definition) is 4. The number of carbonyl (C=O) groups is 5. The predicted molar refractivity (Wildman–Crippen MR) is 162 cm³/mol. The first-order valence-corrected chi connectivity index (χ1v) is 14.5. The molecule has 3 heterocycles. The molecule has 3 aromatic rings. The van der Waals surface area contributed by atoms with Crippen LogP contribution < -0.4 is 21.3 Å². The van der Waals surface area contributed by atoms with Gasteiger partial charge in [-0.3, -0.25) is 29.7 Å². The summed E-state index contributed by atoms with van der Waals surface area (Å²) in [5, 5.41) is 15.2. The number of hydrogen-bond acceptors (Lipinski definition) is 8. The van der Waals surface area contributed by atoms with Crippen LogP contribution in [0.15, 0.2) is 54.7 Å². The quantitative estimate of drug-likeness (QED) is 0.292. The van der Waals surface area contributed by atoms with Crippen LogP contribution in [0.25, 0.3) is 0 Å². The maximum Gasteiger partial charge on any atom is 0.412 e. The highest BCUT2D eigenvalue weighted by molar-refractivity contribution is 6.30. The van der Waals surface area contributed by atoms with Gasteiger partial charge in [0.15, 0.2) is 5.60 Å². The molecule has 0 saturated carbocycles. The fourth-order valence-electron chi connectivity index (χ4n) is 5.44. The number of anilines is 2. The highest BCUT2D eigenvalue weighted by Crippen LogP contribution is 2.43. The summed E-state index contributed by atoms with van der Waals surface area (Å²) in [6, 6.07) is 11.5. The summed E-state index contributed by atoms with van der Waals surface area (Å²) in [6.45, 7) is 0.494. The number of halogens is 1. The second-order valence-corrected chi connectivity index (χ2v) is 11.1. The van der Waals surface area contributed by atoms with E-state index in [-0.39, 0.29) is 25.1 Å². The van der Waals surface area contributed by atoms with Crippen molar-refractivity contribution >= 4 is 52.9 Å². The fraction of sp³-hybridized carbons (Fsp3) is 0.333. The number of rotatable bonds is 8. The summed E-state index contributed by atoms with van der Waals surface area (Å²) >= 11 is 6.28. The van der Waals surface area contributed by atoms with Crippen LogP contribution in [0.2, 0.25) is 5.02 Å². The van der Waals surface area contributed by atoms with Gasteiger partial charge in [0, 0.05) is 41.6 Å². The Labute approximate surface area is 263 Å². The lowest BCUT2D eigenvalue weighted by Crippen LogP contribution is -2.57. The number of benzene rings is 2. The van der Waals surface area contributed by atoms with Crippen LogP contribution in [0.5, 0.6) is 0 Å². The molecule has 0 aliphatic carbocycles. The van der Waals surface area contributed by atoms with E-state index >= 15 is 0 Å². The van der Waals surface area contributed by atoms with Gasteiger partial charge in [-0.05, 0) is 61.4 Å². The number of piperidine rings is 1. The van der Waals surface area contributed by atoms with Crippen LogP contribution in [0.4, 0.5) is 21.0 Å². The normalized spacial score (nSPS) is 17.8. The van der Waals surface area contributed by atoms with Crippen LogP contribution in [-0.4, -0.2) is 70.8 Å². The van der Waals surface area contributed by atoms with Crippen LogP contribution in [0, 0.1) is 0 Å². The van der Waals surface area contributed by atoms with Gasteiger partial charge >= 0.3 is 12.2 Å². The standard InChI is InChI=1S/C30H32ClN7O7/c1-37-21(10-12-33-37)16-32-25(39)15-24(35-26(40)18-4-7-20(8-5-18)34-28(42)44-2)27(41)38-13-3-11-30(17-38)22-14-19(31)6-9-23(22)36-29(43)45-30/h4-10,12,14,24H,3,11,13,15-17H2,1-2H3,(H,32,39)(H,34,42)(H,35,40)(H,36,43)/t24-,30-/m0/s1. The van der Waals surface area contributed by atoms with E-state index < -0.39 is 41.6 Å². The Hall–Kier alpha value is -5.11. The Bertz CT molecular complexity index is 1630. The fourth-order valence-corrected chi connectivity index (χ4v) is 5.61. The number of aromatic nitrogens is 2. The first kappa shape index (κ1) is 31.3. The summed E-state index contributed by atoms with van der Waals surface area (Å²) < 4.78 is 12.0. The largest absolute Gasteiger partial charge is 0.453 e. The number of fused-ring (bicyclic) bond motifs is 2. The number of amides is 5. The molecule has 2 atom stereocenters. The first-order valence-electron chi connectivity index (χ1n) is 14.2. The lowest BCUT2D eigenvalue weighted by atomic mass is 9.83. The molecule has 1 fully saturated rings. The van der Waals surface area contributed by atoms with E-state index in [4.69, 9.17) is 16.3 Å². The lowest BCUT2D eigenvalue weighted by Gasteiger charge is -2.45. The summed E-state index contributed by atoms with van der Waals surface area (Å²) in [5.74, 6) is -1.58. The van der Waals surface area contributed by atoms with Crippen molar-refractivity contribution in [3.05, 3.63) is 76.6 Å². The van der Waals surface area contributed by atoms with E-state index in [1.165, 1.54) is 36.3 Å². The lowest BCUT2D eigenvalue weighted by molar-refractivity contribution is -0.142. The van der Waals surface area contributed by atoms with Crippen molar-refractivity contribution in [1.29, 1.82) is 0 Å². The SMILES string of the molecule is COC(=O)Nc1ccc(C(=O)N[C@@H](CC(=O)NCc2ccnn2C)C(=O)N2CCC[C@@]3(C2)OC(=O)Nc2ccc(Cl)cc23)cc1. The second kappa shape index (κ2) is 13.3. The molecule has 0 unspecified atom stereocenters. The number of methoxy groups -OCH3 is 1. The molecule has 0 radical (unpaired) electrons. The zero-order valence-corrected chi connectivity index (χ0v) is 25.3. The van der Waals surface area contributed by atoms with Gasteiger partial charge in [-0.25, -0.2) is 9.59 Å². The van der Waals surface area contributed by atoms with Crippen LogP contribution in [0.1, 0.15) is 40.9 Å². The molecule has 4 N–H and O–H groups in total. The molecule has 236 valence electrons. The van der Waals surface area contributed by atoms with E-state index in [0.29, 0.717) is 41.3 Å². The van der Waals surface area contributed by atoms with E-state index in [9.17, 15) is 24.0 Å². The number of likely N-dealkylation sites (tertiary alicyclic amines) is 1. The second-order valence-electron chi connectivity index (χ2n) is 10.7. The molecule has 1 spiro atoms. The third-order valence-corrected chi connectivity index (χ3v) is 7.96. The molecule has 14 nitrogen and oxygen atoms in total. The third kappa shape index (κ3) is 7.17. The van der Waals surface area contributed by atoms with E-state index in [1.54, 1.807) is 42.2 Å². The maximum atomic E-state index is 14.1. The molecule has 45 heavy (non-hydrogen) atoms. The molecule has 5 amide bonds. The van der Waals surface area contributed by atoms with Crippen LogP contribution in [0.3, 0.4) is 0 Å². The molecule has 1 saturated heterocycles. The zero-order valence-electron chi connectivity index (χ0n) is 24.6. The predicted octanol–water partition coefficient (Wildman–Crippen LogP) is 3.14. The zero-order chi connectivity index (χ0) is 32.1. The Morgan fingerprint density at radius 2 is 1.93 bits per heavy atom. The van der Waals surface area contributed by atoms with E-state index in [0.717, 1.165) is 5.69 Å². The van der Waals surface area contributed by atoms with Crippen LogP contribution in [-0.2, 0) is 38.3 Å². The van der Waals surface area contributed by atoms with Crippen molar-refractivity contribution in [3.63, 3.8) is 0 Å². The Balaban J connectivity index is 1.36. The molecular weight excluding hydrogens is 606 g/mol. The molecule has 1 aromatic heterocycles. The van der Waals surface area contributed by atoms with Crippen molar-refractivity contribution in [2.75, 3.05) is 30.8 Å². The number of carbonyl (C=O) groups excluding carboxylic acids is 5. The molecule has 2 aromatic carbocycles. The average Bonchev–Trinajstić information content (AvgIpc) is 3.44. The Morgan fingerprint density at radius 3 is 2.64 bits per heavy atom. The van der Waals surface area contributed by atoms with Crippen molar-refractivity contribution in [1.82, 2.24) is 25.3 Å². The third-order valence-electron chi connectivity index (χ3n) is 7.72. The van der Waals surface area contributed by atoms with E-state index in [2.05, 4.69) is 31.1 Å². The van der Waals surface area contributed by atoms with Crippen molar-refractivity contribution in [2.45, 2.75) is 37.5 Å². The summed E-state index contributed by atoms with van der Waals surface area (Å²) in [7, 11) is 2.97. The van der Waals surface area contributed by atoms with Gasteiger partial charge < -0.3 is 25.0 Å². The summed E-state index contributed by atoms with van der Waals surface area (Å²) in [6.07, 6.45) is 0.879. The van der Waals surface area contributed by atoms with Gasteiger partial charge in [0.05, 0.1) is 38.0 Å². The first-order chi connectivity index (χ1) is 21.6. The number of aryl methyl sites for hydroxylation is 1. The number of ether oxygens (including phenoxy) is 2. The highest BCUT2D eigenvalue weighted by atomic mass is 35.5. The minimum absolute atomic E-state index is 0.00347. The van der Waals surface area contributed by atoms with Gasteiger partial charge in [0.25, 0.3) is 5.91 Å². The average molecular weight is 638 g/mol. The molecule has 0 bridgehead atoms. The topological polar surface area (TPSA) is 173 Å². The maximum absolute atomic E-state index is 14.1. The number of nitrogens with zero attached hydrogens (tertiary/aromatic N) is 3. The molecule has 5 rings (SSSR count).